The van der Waals surface area contributed by atoms with Gasteiger partial charge in [-0.25, -0.2) is 37.0 Å². The first-order chi connectivity index (χ1) is 15.0. The van der Waals surface area contributed by atoms with Crippen molar-refractivity contribution in [2.24, 2.45) is 0 Å². The fraction of sp³-hybridized carbons (Fsp3) is 0.100. The molecule has 0 aliphatic carbocycles. The van der Waals surface area contributed by atoms with Crippen LogP contribution in [-0.2, 0) is 10.0 Å². The van der Waals surface area contributed by atoms with Gasteiger partial charge in [0, 0.05) is 6.20 Å². The maximum atomic E-state index is 14.6. The molecule has 156 valence electrons. The van der Waals surface area contributed by atoms with Crippen molar-refractivity contribution in [3.63, 3.8) is 0 Å². The average Bonchev–Trinajstić information content (AvgIpc) is 3.23. The Kier molecular flexibility index (Phi) is 4.40. The first kappa shape index (κ1) is 19.1. The quantitative estimate of drug-likeness (QED) is 0.504. The van der Waals surface area contributed by atoms with E-state index in [1.54, 1.807) is 37.3 Å². The molecule has 4 aromatic rings. The summed E-state index contributed by atoms with van der Waals surface area (Å²) in [6, 6.07) is 8.52. The molecule has 1 aliphatic heterocycles. The molecule has 3 aromatic heterocycles. The summed E-state index contributed by atoms with van der Waals surface area (Å²) in [5.41, 5.74) is 1.69. The highest BCUT2D eigenvalue weighted by Gasteiger charge is 2.38. The van der Waals surface area contributed by atoms with Crippen LogP contribution in [0.3, 0.4) is 0 Å². The third-order valence-corrected chi connectivity index (χ3v) is 6.73. The number of aromatic amines is 1. The summed E-state index contributed by atoms with van der Waals surface area (Å²) in [5.74, 6) is -0.227. The number of benzene rings is 1. The minimum absolute atomic E-state index is 0.156. The number of sulfonamides is 1. The van der Waals surface area contributed by atoms with Crippen molar-refractivity contribution in [2.45, 2.75) is 17.9 Å². The zero-order valence-electron chi connectivity index (χ0n) is 16.2. The molecule has 0 saturated heterocycles. The van der Waals surface area contributed by atoms with Crippen molar-refractivity contribution in [3.8, 4) is 0 Å². The highest BCUT2D eigenvalue weighted by molar-refractivity contribution is 7.93. The second-order valence-corrected chi connectivity index (χ2v) is 8.60. The summed E-state index contributed by atoms with van der Waals surface area (Å²) in [7, 11) is -4.25. The van der Waals surface area contributed by atoms with Gasteiger partial charge in [-0.1, -0.05) is 18.2 Å². The Morgan fingerprint density at radius 3 is 2.77 bits per heavy atom. The smallest absolute Gasteiger partial charge is 0.273 e. The lowest BCUT2D eigenvalue weighted by atomic mass is 10.1. The van der Waals surface area contributed by atoms with Crippen molar-refractivity contribution in [3.05, 3.63) is 72.3 Å². The molecule has 4 heterocycles. The molecule has 31 heavy (non-hydrogen) atoms. The number of aromatic nitrogens is 5. The van der Waals surface area contributed by atoms with Crippen LogP contribution in [0.1, 0.15) is 12.5 Å². The molecule has 0 saturated carbocycles. The number of nitrogens with one attached hydrogen (secondary N) is 2. The van der Waals surface area contributed by atoms with E-state index in [-0.39, 0.29) is 16.3 Å². The monoisotopic (exact) mass is 437 g/mol. The van der Waals surface area contributed by atoms with Crippen LogP contribution >= 0.6 is 0 Å². The maximum absolute atomic E-state index is 14.6. The number of anilines is 2. The van der Waals surface area contributed by atoms with Crippen LogP contribution in [0.25, 0.3) is 17.2 Å². The normalized spacial score (nSPS) is 15.9. The van der Waals surface area contributed by atoms with Crippen molar-refractivity contribution in [1.29, 1.82) is 0 Å². The lowest BCUT2D eigenvalue weighted by Crippen LogP contribution is -2.40. The van der Waals surface area contributed by atoms with E-state index in [0.29, 0.717) is 22.7 Å². The van der Waals surface area contributed by atoms with E-state index < -0.39 is 21.9 Å². The van der Waals surface area contributed by atoms with Gasteiger partial charge in [0.2, 0.25) is 0 Å². The average molecular weight is 437 g/mol. The molecule has 5 rings (SSSR count). The molecule has 0 amide bonds. The number of H-pyrrole nitrogens is 1. The number of rotatable bonds is 4. The highest BCUT2D eigenvalue weighted by atomic mass is 32.2. The summed E-state index contributed by atoms with van der Waals surface area (Å²) in [4.78, 5) is 19.3. The lowest BCUT2D eigenvalue weighted by molar-refractivity contribution is 0.562. The minimum Gasteiger partial charge on any atom is -0.360 e. The molecule has 1 aliphatic rings. The molecule has 1 atom stereocenters. The SMILES string of the molecule is CC(Nc1ncnc2[nH]cnc12)C1=Cc2cccc(F)c2S(=O)(=O)N1c1ccccn1. The van der Waals surface area contributed by atoms with Gasteiger partial charge in [-0.2, -0.15) is 0 Å². The van der Waals surface area contributed by atoms with E-state index in [1.165, 1.54) is 24.9 Å². The molecular weight excluding hydrogens is 421 g/mol. The number of pyridine rings is 1. The van der Waals surface area contributed by atoms with Crippen molar-refractivity contribution < 1.29 is 12.8 Å². The molecule has 2 N–H and O–H groups in total. The van der Waals surface area contributed by atoms with Crippen LogP contribution in [0.15, 0.2) is 65.8 Å². The van der Waals surface area contributed by atoms with Crippen molar-refractivity contribution in [2.75, 3.05) is 9.62 Å². The van der Waals surface area contributed by atoms with E-state index in [2.05, 4.69) is 30.2 Å². The van der Waals surface area contributed by atoms with Gasteiger partial charge >= 0.3 is 0 Å². The molecule has 0 fully saturated rings. The van der Waals surface area contributed by atoms with E-state index in [0.717, 1.165) is 10.4 Å². The van der Waals surface area contributed by atoms with Crippen molar-refractivity contribution in [1.82, 2.24) is 24.9 Å². The molecule has 0 bridgehead atoms. The van der Waals surface area contributed by atoms with Crippen LogP contribution in [0, 0.1) is 5.82 Å². The fourth-order valence-corrected chi connectivity index (χ4v) is 5.30. The molecular formula is C20H16FN7O2S. The maximum Gasteiger partial charge on any atom is 0.273 e. The van der Waals surface area contributed by atoms with Gasteiger partial charge in [-0.3, -0.25) is 0 Å². The number of fused-ring (bicyclic) bond motifs is 2. The fourth-order valence-electron chi connectivity index (χ4n) is 3.54. The summed E-state index contributed by atoms with van der Waals surface area (Å²) in [6.45, 7) is 1.78. The van der Waals surface area contributed by atoms with E-state index >= 15 is 0 Å². The standard InChI is InChI=1S/C20H16FN7O2S/c1-12(27-20-17-19(24-10-23-17)25-11-26-20)15-9-13-5-4-6-14(21)18(13)31(29,30)28(15)16-7-2-3-8-22-16/h2-12H,1H3,(H2,23,24,25,26,27). The molecule has 0 radical (unpaired) electrons. The number of nitrogens with zero attached hydrogens (tertiary/aromatic N) is 5. The van der Waals surface area contributed by atoms with Gasteiger partial charge in [0.05, 0.1) is 18.1 Å². The topological polar surface area (TPSA) is 117 Å². The number of hydrogen-bond acceptors (Lipinski definition) is 7. The van der Waals surface area contributed by atoms with Crippen LogP contribution in [-0.4, -0.2) is 39.4 Å². The summed E-state index contributed by atoms with van der Waals surface area (Å²) in [5, 5.41) is 3.19. The Labute approximate surface area is 176 Å². The van der Waals surface area contributed by atoms with Gasteiger partial charge in [0.15, 0.2) is 11.5 Å². The zero-order chi connectivity index (χ0) is 21.6. The largest absolute Gasteiger partial charge is 0.360 e. The van der Waals surface area contributed by atoms with Gasteiger partial charge in [0.1, 0.15) is 28.4 Å². The molecule has 11 heteroatoms. The number of imidazole rings is 1. The van der Waals surface area contributed by atoms with Gasteiger partial charge < -0.3 is 10.3 Å². The second kappa shape index (κ2) is 7.13. The van der Waals surface area contributed by atoms with Gasteiger partial charge in [0.25, 0.3) is 10.0 Å². The Balaban J connectivity index is 1.66. The Bertz CT molecular complexity index is 1420. The Hall–Kier alpha value is -3.86. The highest BCUT2D eigenvalue weighted by Crippen LogP contribution is 2.37. The van der Waals surface area contributed by atoms with Crippen LogP contribution in [0.4, 0.5) is 16.0 Å². The molecule has 1 unspecified atom stereocenters. The minimum atomic E-state index is -4.25. The predicted octanol–water partition coefficient (Wildman–Crippen LogP) is 2.94. The molecule has 0 spiro atoms. The van der Waals surface area contributed by atoms with Gasteiger partial charge in [-0.15, -0.1) is 0 Å². The van der Waals surface area contributed by atoms with E-state index in [1.807, 2.05) is 0 Å². The molecule has 9 nitrogen and oxygen atoms in total. The van der Waals surface area contributed by atoms with Gasteiger partial charge in [-0.05, 0) is 36.8 Å². The van der Waals surface area contributed by atoms with Crippen LogP contribution in [0.5, 0.6) is 0 Å². The predicted molar refractivity (Wildman–Crippen MR) is 113 cm³/mol. The first-order valence-corrected chi connectivity index (χ1v) is 10.8. The van der Waals surface area contributed by atoms with Crippen LogP contribution < -0.4 is 9.62 Å². The first-order valence-electron chi connectivity index (χ1n) is 9.34. The van der Waals surface area contributed by atoms with E-state index in [4.69, 9.17) is 0 Å². The third kappa shape index (κ3) is 3.10. The summed E-state index contributed by atoms with van der Waals surface area (Å²) in [6.07, 6.45) is 5.99. The Morgan fingerprint density at radius 1 is 1.10 bits per heavy atom. The number of hydrogen-bond donors (Lipinski definition) is 2. The van der Waals surface area contributed by atoms with Crippen molar-refractivity contribution >= 4 is 38.9 Å². The second-order valence-electron chi connectivity index (χ2n) is 6.87. The van der Waals surface area contributed by atoms with E-state index in [9.17, 15) is 12.8 Å². The lowest BCUT2D eigenvalue weighted by Gasteiger charge is -2.33. The number of halogens is 1. The summed E-state index contributed by atoms with van der Waals surface area (Å²) < 4.78 is 42.6. The molecule has 1 aromatic carbocycles. The summed E-state index contributed by atoms with van der Waals surface area (Å²) >= 11 is 0. The van der Waals surface area contributed by atoms with Crippen LogP contribution in [0.2, 0.25) is 0 Å². The third-order valence-electron chi connectivity index (χ3n) is 4.91. The zero-order valence-corrected chi connectivity index (χ0v) is 17.0. The Morgan fingerprint density at radius 2 is 1.97 bits per heavy atom.